The largest absolute Gasteiger partial charge is 0.369 e. The van der Waals surface area contributed by atoms with Crippen LogP contribution in [0.25, 0.3) is 0 Å². The summed E-state index contributed by atoms with van der Waals surface area (Å²) < 4.78 is 0. The third kappa shape index (κ3) is 4.73. The molecule has 0 aliphatic heterocycles. The van der Waals surface area contributed by atoms with Gasteiger partial charge in [0.2, 0.25) is 0 Å². The molecule has 2 nitrogen and oxygen atoms in total. The van der Waals surface area contributed by atoms with Crippen molar-refractivity contribution in [2.24, 2.45) is 0 Å². The molecule has 34 heavy (non-hydrogen) atoms. The van der Waals surface area contributed by atoms with Crippen LogP contribution in [0.1, 0.15) is 22.3 Å². The fraction of sp³-hybridized carbons (Fsp3) is 0.0667. The van der Waals surface area contributed by atoms with Crippen LogP contribution in [0.15, 0.2) is 109 Å². The molecule has 0 saturated heterocycles. The van der Waals surface area contributed by atoms with Gasteiger partial charge >= 0.3 is 0 Å². The van der Waals surface area contributed by atoms with Gasteiger partial charge < -0.3 is 10.2 Å². The van der Waals surface area contributed by atoms with E-state index in [1.807, 2.05) is 36.4 Å². The first-order chi connectivity index (χ1) is 16.4. The maximum atomic E-state index is 11.6. The van der Waals surface area contributed by atoms with Gasteiger partial charge in [0.05, 0.1) is 0 Å². The molecule has 4 aromatic rings. The van der Waals surface area contributed by atoms with E-state index in [0.717, 1.165) is 0 Å². The summed E-state index contributed by atoms with van der Waals surface area (Å²) in [4.78, 5) is 0. The van der Waals surface area contributed by atoms with Crippen molar-refractivity contribution in [1.82, 2.24) is 0 Å². The number of halogens is 2. The van der Waals surface area contributed by atoms with Crippen molar-refractivity contribution in [3.63, 3.8) is 0 Å². The average molecular weight is 483 g/mol. The van der Waals surface area contributed by atoms with Crippen LogP contribution in [0.5, 0.6) is 0 Å². The number of hydrogen-bond acceptors (Lipinski definition) is 2. The van der Waals surface area contributed by atoms with Gasteiger partial charge in [-0.1, -0.05) is 120 Å². The Balaban J connectivity index is 1.83. The summed E-state index contributed by atoms with van der Waals surface area (Å²) in [7, 11) is 0. The Morgan fingerprint density at radius 3 is 1.15 bits per heavy atom. The van der Waals surface area contributed by atoms with Crippen molar-refractivity contribution in [2.45, 2.75) is 11.2 Å². The van der Waals surface area contributed by atoms with E-state index < -0.39 is 11.2 Å². The molecule has 0 amide bonds. The summed E-state index contributed by atoms with van der Waals surface area (Å²) in [6.07, 6.45) is 0. The van der Waals surface area contributed by atoms with E-state index in [0.29, 0.717) is 32.3 Å². The first-order valence-electron chi connectivity index (χ1n) is 10.6. The number of rotatable bonds is 4. The van der Waals surface area contributed by atoms with E-state index >= 15 is 0 Å². The smallest absolute Gasteiger partial charge is 0.179 e. The van der Waals surface area contributed by atoms with Crippen molar-refractivity contribution in [1.29, 1.82) is 0 Å². The quantitative estimate of drug-likeness (QED) is 0.341. The van der Waals surface area contributed by atoms with E-state index in [4.69, 9.17) is 23.2 Å². The Labute approximate surface area is 209 Å². The molecular weight excluding hydrogens is 463 g/mol. The van der Waals surface area contributed by atoms with Gasteiger partial charge in [0, 0.05) is 32.3 Å². The zero-order chi connectivity index (χ0) is 24.0. The Kier molecular flexibility index (Phi) is 7.09. The highest BCUT2D eigenvalue weighted by molar-refractivity contribution is 6.31. The molecule has 2 N–H and O–H groups in total. The fourth-order valence-electron chi connectivity index (χ4n) is 3.70. The van der Waals surface area contributed by atoms with E-state index in [9.17, 15) is 10.2 Å². The van der Waals surface area contributed by atoms with Gasteiger partial charge in [0.15, 0.2) is 11.2 Å². The highest BCUT2D eigenvalue weighted by atomic mass is 35.5. The maximum Gasteiger partial charge on any atom is 0.179 e. The highest BCUT2D eigenvalue weighted by Crippen LogP contribution is 2.35. The van der Waals surface area contributed by atoms with E-state index in [-0.39, 0.29) is 0 Å². The van der Waals surface area contributed by atoms with E-state index in [1.54, 1.807) is 72.8 Å². The molecular formula is C30H20Cl2O2. The standard InChI is InChI=1S/C30H20Cl2O2/c31-27-19-9-7-17-25(27)29(33,23-13-3-1-4-14-23)21-11-12-22-30(34,24-15-5-2-6-16-24)26-18-8-10-20-28(26)32/h1-10,13-20,33-34H/t29-,30+. The van der Waals surface area contributed by atoms with Crippen molar-refractivity contribution < 1.29 is 10.2 Å². The van der Waals surface area contributed by atoms with Gasteiger partial charge in [-0.05, 0) is 35.8 Å². The zero-order valence-electron chi connectivity index (χ0n) is 18.0. The minimum atomic E-state index is -1.69. The molecule has 0 heterocycles. The van der Waals surface area contributed by atoms with Crippen LogP contribution in [0.2, 0.25) is 10.0 Å². The number of benzene rings is 4. The minimum absolute atomic E-state index is 0.382. The lowest BCUT2D eigenvalue weighted by atomic mass is 9.86. The van der Waals surface area contributed by atoms with Gasteiger partial charge in [-0.15, -0.1) is 0 Å². The zero-order valence-corrected chi connectivity index (χ0v) is 19.6. The summed E-state index contributed by atoms with van der Waals surface area (Å²) in [6, 6.07) is 32.1. The number of hydrogen-bond donors (Lipinski definition) is 2. The lowest BCUT2D eigenvalue weighted by Gasteiger charge is -2.25. The monoisotopic (exact) mass is 482 g/mol. The molecule has 0 unspecified atom stereocenters. The summed E-state index contributed by atoms with van der Waals surface area (Å²) in [5.74, 6) is 11.2. The maximum absolute atomic E-state index is 11.6. The Morgan fingerprint density at radius 2 is 0.794 bits per heavy atom. The molecule has 0 saturated carbocycles. The Morgan fingerprint density at radius 1 is 0.471 bits per heavy atom. The molecule has 0 aliphatic rings. The average Bonchev–Trinajstić information content (AvgIpc) is 2.88. The minimum Gasteiger partial charge on any atom is -0.369 e. The van der Waals surface area contributed by atoms with Crippen LogP contribution in [0.3, 0.4) is 0 Å². The Bertz CT molecular complexity index is 1300. The van der Waals surface area contributed by atoms with Crippen molar-refractivity contribution in [3.8, 4) is 23.7 Å². The van der Waals surface area contributed by atoms with E-state index in [2.05, 4.69) is 23.7 Å². The van der Waals surface area contributed by atoms with Gasteiger partial charge in [-0.3, -0.25) is 0 Å². The number of aliphatic hydroxyl groups is 2. The van der Waals surface area contributed by atoms with Crippen LogP contribution >= 0.6 is 23.2 Å². The third-order valence-electron chi connectivity index (χ3n) is 5.46. The molecule has 0 radical (unpaired) electrons. The second-order valence-corrected chi connectivity index (χ2v) is 8.43. The predicted molar refractivity (Wildman–Crippen MR) is 137 cm³/mol. The molecule has 0 aliphatic carbocycles. The van der Waals surface area contributed by atoms with Crippen LogP contribution in [0.4, 0.5) is 0 Å². The van der Waals surface area contributed by atoms with E-state index in [1.165, 1.54) is 0 Å². The van der Waals surface area contributed by atoms with Crippen molar-refractivity contribution in [2.75, 3.05) is 0 Å². The molecule has 0 bridgehead atoms. The second kappa shape index (κ2) is 10.2. The summed E-state index contributed by atoms with van der Waals surface area (Å²) in [6.45, 7) is 0. The second-order valence-electron chi connectivity index (χ2n) is 7.61. The lowest BCUT2D eigenvalue weighted by molar-refractivity contribution is 0.144. The third-order valence-corrected chi connectivity index (χ3v) is 6.12. The molecule has 0 fully saturated rings. The molecule has 4 heteroatoms. The van der Waals surface area contributed by atoms with Crippen LogP contribution in [-0.2, 0) is 11.2 Å². The summed E-state index contributed by atoms with van der Waals surface area (Å²) in [5, 5.41) is 24.0. The molecule has 4 rings (SSSR count). The normalized spacial score (nSPS) is 13.9. The molecule has 2 atom stereocenters. The topological polar surface area (TPSA) is 40.5 Å². The highest BCUT2D eigenvalue weighted by Gasteiger charge is 2.32. The van der Waals surface area contributed by atoms with Gasteiger partial charge in [-0.2, -0.15) is 0 Å². The first-order valence-corrected chi connectivity index (χ1v) is 11.3. The Hall–Kier alpha value is -3.50. The van der Waals surface area contributed by atoms with Gasteiger partial charge in [0.1, 0.15) is 0 Å². The molecule has 166 valence electrons. The SMILES string of the molecule is O[C@](C#CC#C[C@](O)(c1ccccc1)c1ccccc1Cl)(c1ccccc1)c1ccccc1Cl. The molecule has 4 aromatic carbocycles. The molecule has 0 spiro atoms. The summed E-state index contributed by atoms with van der Waals surface area (Å²) in [5.41, 5.74) is -1.38. The van der Waals surface area contributed by atoms with Crippen LogP contribution < -0.4 is 0 Å². The summed E-state index contributed by atoms with van der Waals surface area (Å²) >= 11 is 12.8. The van der Waals surface area contributed by atoms with Gasteiger partial charge in [0.25, 0.3) is 0 Å². The van der Waals surface area contributed by atoms with Crippen LogP contribution in [-0.4, -0.2) is 10.2 Å². The van der Waals surface area contributed by atoms with Crippen LogP contribution in [0, 0.1) is 23.7 Å². The fourth-order valence-corrected chi connectivity index (χ4v) is 4.25. The first kappa shape index (κ1) is 23.7. The molecule has 0 aromatic heterocycles. The van der Waals surface area contributed by atoms with Crippen molar-refractivity contribution >= 4 is 23.2 Å². The predicted octanol–water partition coefficient (Wildman–Crippen LogP) is 6.17. The lowest BCUT2D eigenvalue weighted by Crippen LogP contribution is -2.26. The van der Waals surface area contributed by atoms with Gasteiger partial charge in [-0.25, -0.2) is 0 Å². The van der Waals surface area contributed by atoms with Crippen molar-refractivity contribution in [3.05, 3.63) is 141 Å².